The maximum atomic E-state index is 12.2. The van der Waals surface area contributed by atoms with Gasteiger partial charge in [0.15, 0.2) is 5.65 Å². The summed E-state index contributed by atoms with van der Waals surface area (Å²) >= 11 is 3.49. The highest BCUT2D eigenvalue weighted by molar-refractivity contribution is 9.10. The smallest absolute Gasteiger partial charge is 0.410 e. The second kappa shape index (κ2) is 4.98. The van der Waals surface area contributed by atoms with Crippen molar-refractivity contribution in [2.24, 2.45) is 0 Å². The number of H-pyrrole nitrogens is 1. The molecular weight excluding hydrogens is 336 g/mol. The molecule has 0 atom stereocenters. The lowest BCUT2D eigenvalue weighted by Crippen LogP contribution is -2.40. The van der Waals surface area contributed by atoms with Crippen LogP contribution in [0.1, 0.15) is 31.9 Å². The number of nitrogens with zero attached hydrogens (tertiary/aromatic N) is 3. The van der Waals surface area contributed by atoms with Crippen molar-refractivity contribution < 1.29 is 9.53 Å². The van der Waals surface area contributed by atoms with Crippen molar-refractivity contribution in [1.82, 2.24) is 20.1 Å². The first-order valence-electron chi connectivity index (χ1n) is 6.83. The maximum Gasteiger partial charge on any atom is 0.410 e. The summed E-state index contributed by atoms with van der Waals surface area (Å²) < 4.78 is 6.19. The van der Waals surface area contributed by atoms with Crippen molar-refractivity contribution in [2.75, 3.05) is 6.54 Å². The van der Waals surface area contributed by atoms with Gasteiger partial charge in [0.05, 0.1) is 12.7 Å². The van der Waals surface area contributed by atoms with E-state index in [1.54, 1.807) is 11.1 Å². The highest BCUT2D eigenvalue weighted by Gasteiger charge is 2.28. The lowest BCUT2D eigenvalue weighted by atomic mass is 9.99. The Labute approximate surface area is 131 Å². The predicted octanol–water partition coefficient (Wildman–Crippen LogP) is 3.01. The van der Waals surface area contributed by atoms with Crippen LogP contribution in [-0.4, -0.2) is 38.3 Å². The Bertz CT molecular complexity index is 705. The third-order valence-electron chi connectivity index (χ3n) is 3.40. The van der Waals surface area contributed by atoms with E-state index in [1.165, 1.54) is 5.56 Å². The molecule has 0 fully saturated rings. The van der Waals surface area contributed by atoms with Crippen LogP contribution in [0.2, 0.25) is 0 Å². The zero-order chi connectivity index (χ0) is 15.2. The molecule has 2 aromatic rings. The number of aromatic amines is 1. The molecule has 1 aliphatic rings. The molecule has 0 saturated heterocycles. The number of hydrogen-bond donors (Lipinski definition) is 1. The van der Waals surface area contributed by atoms with Crippen LogP contribution in [0.4, 0.5) is 4.79 Å². The van der Waals surface area contributed by atoms with E-state index in [-0.39, 0.29) is 6.09 Å². The second-order valence-corrected chi connectivity index (χ2v) is 6.90. The van der Waals surface area contributed by atoms with Gasteiger partial charge < -0.3 is 9.64 Å². The molecule has 0 aromatic carbocycles. The van der Waals surface area contributed by atoms with E-state index in [0.717, 1.165) is 27.6 Å². The lowest BCUT2D eigenvalue weighted by Gasteiger charge is -2.31. The molecule has 21 heavy (non-hydrogen) atoms. The van der Waals surface area contributed by atoms with Gasteiger partial charge in [0.25, 0.3) is 0 Å². The van der Waals surface area contributed by atoms with Crippen LogP contribution in [0, 0.1) is 0 Å². The van der Waals surface area contributed by atoms with E-state index < -0.39 is 5.60 Å². The van der Waals surface area contributed by atoms with Gasteiger partial charge >= 0.3 is 6.09 Å². The monoisotopic (exact) mass is 352 g/mol. The molecule has 0 saturated carbocycles. The van der Waals surface area contributed by atoms with E-state index in [1.807, 2.05) is 20.8 Å². The zero-order valence-corrected chi connectivity index (χ0v) is 13.8. The highest BCUT2D eigenvalue weighted by atomic mass is 79.9. The van der Waals surface area contributed by atoms with Gasteiger partial charge in [-0.05, 0) is 48.7 Å². The Hall–Kier alpha value is -1.63. The molecule has 1 aliphatic heterocycles. The van der Waals surface area contributed by atoms with Gasteiger partial charge in [0.2, 0.25) is 0 Å². The van der Waals surface area contributed by atoms with E-state index in [0.29, 0.717) is 13.1 Å². The molecule has 2 aromatic heterocycles. The molecule has 0 unspecified atom stereocenters. The Balaban J connectivity index is 1.90. The average molecular weight is 353 g/mol. The van der Waals surface area contributed by atoms with Crippen molar-refractivity contribution in [3.05, 3.63) is 21.9 Å². The molecular formula is C14H17BrN4O2. The van der Waals surface area contributed by atoms with Gasteiger partial charge in [0.1, 0.15) is 10.2 Å². The highest BCUT2D eigenvalue weighted by Crippen LogP contribution is 2.31. The van der Waals surface area contributed by atoms with Gasteiger partial charge in [-0.3, -0.25) is 5.10 Å². The van der Waals surface area contributed by atoms with Crippen LogP contribution < -0.4 is 0 Å². The van der Waals surface area contributed by atoms with Crippen LogP contribution in [0.25, 0.3) is 11.0 Å². The summed E-state index contributed by atoms with van der Waals surface area (Å²) in [6, 6.07) is 0. The van der Waals surface area contributed by atoms with Crippen molar-refractivity contribution in [1.29, 1.82) is 0 Å². The van der Waals surface area contributed by atoms with Crippen LogP contribution >= 0.6 is 15.9 Å². The third kappa shape index (κ3) is 2.74. The molecule has 0 spiro atoms. The SMILES string of the molecule is CC(C)(C)OC(=O)N1CCc2c(c(Br)nc3[nH]ncc23)C1. The van der Waals surface area contributed by atoms with Crippen molar-refractivity contribution in [3.8, 4) is 0 Å². The quantitative estimate of drug-likeness (QED) is 0.739. The molecule has 0 bridgehead atoms. The lowest BCUT2D eigenvalue weighted by molar-refractivity contribution is 0.0223. The number of carbonyl (C=O) groups excluding carboxylic acids is 1. The predicted molar refractivity (Wildman–Crippen MR) is 81.9 cm³/mol. The van der Waals surface area contributed by atoms with E-state index >= 15 is 0 Å². The Kier molecular flexibility index (Phi) is 3.39. The fraction of sp³-hybridized carbons (Fsp3) is 0.500. The van der Waals surface area contributed by atoms with Crippen LogP contribution in [0.15, 0.2) is 10.8 Å². The van der Waals surface area contributed by atoms with Gasteiger partial charge in [0, 0.05) is 17.5 Å². The number of rotatable bonds is 0. The van der Waals surface area contributed by atoms with E-state index in [4.69, 9.17) is 4.74 Å². The Morgan fingerprint density at radius 1 is 1.43 bits per heavy atom. The molecule has 112 valence electrons. The topological polar surface area (TPSA) is 71.1 Å². The molecule has 0 aliphatic carbocycles. The normalized spacial score (nSPS) is 15.1. The van der Waals surface area contributed by atoms with Crippen LogP contribution in [0.3, 0.4) is 0 Å². The molecule has 1 amide bonds. The minimum atomic E-state index is -0.485. The van der Waals surface area contributed by atoms with Gasteiger partial charge in [-0.15, -0.1) is 0 Å². The summed E-state index contributed by atoms with van der Waals surface area (Å²) in [5, 5.41) is 7.94. The fourth-order valence-electron chi connectivity index (χ4n) is 2.48. The molecule has 0 radical (unpaired) electrons. The maximum absolute atomic E-state index is 12.2. The van der Waals surface area contributed by atoms with E-state index in [2.05, 4.69) is 31.1 Å². The fourth-order valence-corrected chi connectivity index (χ4v) is 3.03. The minimum Gasteiger partial charge on any atom is -0.444 e. The summed E-state index contributed by atoms with van der Waals surface area (Å²) in [5.41, 5.74) is 2.51. The largest absolute Gasteiger partial charge is 0.444 e. The second-order valence-electron chi connectivity index (χ2n) is 6.14. The zero-order valence-electron chi connectivity index (χ0n) is 12.2. The molecule has 7 heteroatoms. The van der Waals surface area contributed by atoms with E-state index in [9.17, 15) is 4.79 Å². The number of fused-ring (bicyclic) bond motifs is 3. The summed E-state index contributed by atoms with van der Waals surface area (Å²) in [7, 11) is 0. The van der Waals surface area contributed by atoms with Crippen LogP contribution in [0.5, 0.6) is 0 Å². The summed E-state index contributed by atoms with van der Waals surface area (Å²) in [4.78, 5) is 18.3. The van der Waals surface area contributed by atoms with Crippen molar-refractivity contribution in [2.45, 2.75) is 39.3 Å². The Morgan fingerprint density at radius 2 is 2.19 bits per heavy atom. The van der Waals surface area contributed by atoms with Gasteiger partial charge in [-0.1, -0.05) is 0 Å². The standard InChI is InChI=1S/C14H17BrN4O2/c1-14(2,3)21-13(20)19-5-4-8-9-6-16-18-12(9)17-11(15)10(8)7-19/h6H,4-5,7H2,1-3H3,(H,16,17,18). The number of halogens is 1. The molecule has 3 rings (SSSR count). The number of aromatic nitrogens is 3. The molecule has 3 heterocycles. The Morgan fingerprint density at radius 3 is 2.90 bits per heavy atom. The number of pyridine rings is 1. The molecule has 1 N–H and O–H groups in total. The number of hydrogen-bond acceptors (Lipinski definition) is 4. The third-order valence-corrected chi connectivity index (χ3v) is 4.06. The summed E-state index contributed by atoms with van der Waals surface area (Å²) in [6.45, 7) is 6.75. The number of nitrogens with one attached hydrogen (secondary N) is 1. The van der Waals surface area contributed by atoms with Gasteiger partial charge in [-0.2, -0.15) is 5.10 Å². The van der Waals surface area contributed by atoms with Crippen LogP contribution in [-0.2, 0) is 17.7 Å². The average Bonchev–Trinajstić information content (AvgIpc) is 2.84. The summed E-state index contributed by atoms with van der Waals surface area (Å²) in [6.07, 6.45) is 2.27. The number of ether oxygens (including phenoxy) is 1. The number of amides is 1. The van der Waals surface area contributed by atoms with Crippen molar-refractivity contribution >= 4 is 33.1 Å². The van der Waals surface area contributed by atoms with Gasteiger partial charge in [-0.25, -0.2) is 9.78 Å². The first-order chi connectivity index (χ1) is 9.85. The first-order valence-corrected chi connectivity index (χ1v) is 7.63. The molecule has 6 nitrogen and oxygen atoms in total. The number of carbonyl (C=O) groups is 1. The first kappa shape index (κ1) is 14.3. The summed E-state index contributed by atoms with van der Waals surface area (Å²) in [5.74, 6) is 0. The minimum absolute atomic E-state index is 0.285. The van der Waals surface area contributed by atoms with Crippen molar-refractivity contribution in [3.63, 3.8) is 0 Å².